The number of anilines is 1. The average molecular weight is 447 g/mol. The van der Waals surface area contributed by atoms with Gasteiger partial charge in [0.25, 0.3) is 0 Å². The largest absolute Gasteiger partial charge is 0.325 e. The van der Waals surface area contributed by atoms with Gasteiger partial charge in [0.15, 0.2) is 5.16 Å². The number of fused-ring (bicyclic) bond motifs is 1. The molecule has 3 aromatic rings. The monoisotopic (exact) mass is 446 g/mol. The van der Waals surface area contributed by atoms with E-state index in [1.165, 1.54) is 23.9 Å². The summed E-state index contributed by atoms with van der Waals surface area (Å²) in [5, 5.41) is 8.50. The number of nitrogens with zero attached hydrogens (tertiary/aromatic N) is 2. The molecular weight excluding hydrogens is 420 g/mol. The smallest absolute Gasteiger partial charge is 0.238 e. The Morgan fingerprint density at radius 2 is 1.90 bits per heavy atom. The third-order valence-corrected chi connectivity index (χ3v) is 6.82. The molecule has 0 bridgehead atoms. The Morgan fingerprint density at radius 3 is 2.53 bits per heavy atom. The second-order valence-corrected chi connectivity index (χ2v) is 10.2. The van der Waals surface area contributed by atoms with Gasteiger partial charge >= 0.3 is 0 Å². The molecule has 1 aromatic heterocycles. The van der Waals surface area contributed by atoms with Gasteiger partial charge in [-0.2, -0.15) is 0 Å². The summed E-state index contributed by atoms with van der Waals surface area (Å²) in [6.45, 7) is 8.61. The van der Waals surface area contributed by atoms with Crippen LogP contribution >= 0.6 is 11.8 Å². The molecule has 1 amide bonds. The molecule has 0 aliphatic heterocycles. The molecule has 160 valence electrons. The summed E-state index contributed by atoms with van der Waals surface area (Å²) in [6, 6.07) is 12.4. The fourth-order valence-corrected chi connectivity index (χ4v) is 4.74. The molecule has 7 nitrogen and oxygen atoms in total. The van der Waals surface area contributed by atoms with E-state index in [9.17, 15) is 13.2 Å². The molecule has 0 radical (unpaired) electrons. The number of thioether (sulfide) groups is 1. The summed E-state index contributed by atoms with van der Waals surface area (Å²) in [5.74, 6) is 0.176. The second-order valence-electron chi connectivity index (χ2n) is 7.33. The normalized spacial score (nSPS) is 13.0. The van der Waals surface area contributed by atoms with Crippen LogP contribution in [-0.2, 0) is 21.4 Å². The average Bonchev–Trinajstić information content (AvgIpc) is 3.03. The van der Waals surface area contributed by atoms with E-state index in [2.05, 4.69) is 24.1 Å². The Hall–Kier alpha value is -2.36. The number of amides is 1. The molecule has 3 rings (SSSR count). The summed E-state index contributed by atoms with van der Waals surface area (Å²) in [4.78, 5) is 17.4. The van der Waals surface area contributed by atoms with Crippen LogP contribution in [0.3, 0.4) is 0 Å². The number of benzene rings is 2. The lowest BCUT2D eigenvalue weighted by molar-refractivity contribution is -0.115. The van der Waals surface area contributed by atoms with E-state index in [1.54, 1.807) is 6.07 Å². The number of carbonyl (C=O) groups excluding carboxylic acids is 1. The SMILES string of the molecule is CCn1c(SC(C)C(=O)Nc2ccccc2C(C)C)nc2cc(S(N)(=O)=O)ccc21. The van der Waals surface area contributed by atoms with Gasteiger partial charge in [-0.15, -0.1) is 0 Å². The number of aromatic nitrogens is 2. The van der Waals surface area contributed by atoms with Crippen LogP contribution in [0.5, 0.6) is 0 Å². The summed E-state index contributed by atoms with van der Waals surface area (Å²) in [6.07, 6.45) is 0. The van der Waals surface area contributed by atoms with Crippen molar-refractivity contribution in [3.8, 4) is 0 Å². The molecule has 0 aliphatic rings. The van der Waals surface area contributed by atoms with Crippen molar-refractivity contribution in [3.05, 3.63) is 48.0 Å². The minimum absolute atomic E-state index is 0.0170. The van der Waals surface area contributed by atoms with Crippen molar-refractivity contribution in [2.45, 2.75) is 55.5 Å². The van der Waals surface area contributed by atoms with Crippen LogP contribution < -0.4 is 10.5 Å². The second kappa shape index (κ2) is 8.79. The van der Waals surface area contributed by atoms with E-state index in [-0.39, 0.29) is 10.8 Å². The summed E-state index contributed by atoms with van der Waals surface area (Å²) in [5.41, 5.74) is 3.22. The van der Waals surface area contributed by atoms with E-state index in [1.807, 2.05) is 42.7 Å². The molecule has 9 heteroatoms. The molecule has 3 N–H and O–H groups in total. The highest BCUT2D eigenvalue weighted by atomic mass is 32.2. The van der Waals surface area contributed by atoms with Gasteiger partial charge in [-0.3, -0.25) is 4.79 Å². The van der Waals surface area contributed by atoms with Crippen molar-refractivity contribution in [2.24, 2.45) is 5.14 Å². The van der Waals surface area contributed by atoms with Crippen LogP contribution in [0.2, 0.25) is 0 Å². The number of imidazole rings is 1. The van der Waals surface area contributed by atoms with Gasteiger partial charge in [0, 0.05) is 12.2 Å². The van der Waals surface area contributed by atoms with Crippen LogP contribution in [0, 0.1) is 0 Å². The first-order chi connectivity index (χ1) is 14.1. The number of carbonyl (C=O) groups is 1. The fourth-order valence-electron chi connectivity index (χ4n) is 3.22. The van der Waals surface area contributed by atoms with Gasteiger partial charge in [-0.05, 0) is 49.6 Å². The number of aryl methyl sites for hydroxylation is 1. The number of hydrogen-bond donors (Lipinski definition) is 2. The third-order valence-electron chi connectivity index (χ3n) is 4.82. The lowest BCUT2D eigenvalue weighted by Gasteiger charge is -2.16. The maximum Gasteiger partial charge on any atom is 0.238 e. The predicted octanol–water partition coefficient (Wildman–Crippen LogP) is 3.95. The van der Waals surface area contributed by atoms with E-state index >= 15 is 0 Å². The maximum absolute atomic E-state index is 12.8. The molecule has 0 aliphatic carbocycles. The van der Waals surface area contributed by atoms with Gasteiger partial charge in [0.1, 0.15) is 0 Å². The molecule has 2 aromatic carbocycles. The Labute approximate surface area is 181 Å². The lowest BCUT2D eigenvalue weighted by atomic mass is 10.0. The number of sulfonamides is 1. The molecule has 0 saturated heterocycles. The van der Waals surface area contributed by atoms with Crippen molar-refractivity contribution in [3.63, 3.8) is 0 Å². The topological polar surface area (TPSA) is 107 Å². The van der Waals surface area contributed by atoms with Crippen molar-refractivity contribution >= 4 is 44.4 Å². The van der Waals surface area contributed by atoms with Crippen molar-refractivity contribution < 1.29 is 13.2 Å². The quantitative estimate of drug-likeness (QED) is 0.535. The highest BCUT2D eigenvalue weighted by Crippen LogP contribution is 2.30. The molecular formula is C21H26N4O3S2. The Balaban J connectivity index is 1.85. The maximum atomic E-state index is 12.8. The Bertz CT molecular complexity index is 1190. The van der Waals surface area contributed by atoms with E-state index in [0.717, 1.165) is 16.8 Å². The number of nitrogens with two attached hydrogens (primary N) is 1. The summed E-state index contributed by atoms with van der Waals surface area (Å²) in [7, 11) is -3.81. The summed E-state index contributed by atoms with van der Waals surface area (Å²) >= 11 is 1.33. The van der Waals surface area contributed by atoms with Crippen LogP contribution in [0.25, 0.3) is 11.0 Å². The number of hydrogen-bond acceptors (Lipinski definition) is 5. The Morgan fingerprint density at radius 1 is 1.20 bits per heavy atom. The van der Waals surface area contributed by atoms with Crippen LogP contribution in [0.1, 0.15) is 39.2 Å². The zero-order valence-corrected chi connectivity index (χ0v) is 19.0. The summed E-state index contributed by atoms with van der Waals surface area (Å²) < 4.78 is 25.2. The first-order valence-electron chi connectivity index (χ1n) is 9.71. The zero-order chi connectivity index (χ0) is 22.1. The molecule has 0 fully saturated rings. The van der Waals surface area contributed by atoms with Crippen molar-refractivity contribution in [1.29, 1.82) is 0 Å². The minimum Gasteiger partial charge on any atom is -0.325 e. The molecule has 1 unspecified atom stereocenters. The van der Waals surface area contributed by atoms with Gasteiger partial charge in [-0.1, -0.05) is 43.8 Å². The fraction of sp³-hybridized carbons (Fsp3) is 0.333. The van der Waals surface area contributed by atoms with E-state index in [0.29, 0.717) is 23.1 Å². The van der Waals surface area contributed by atoms with E-state index < -0.39 is 15.3 Å². The standard InChI is InChI=1S/C21H26N4O3S2/c1-5-25-19-11-10-15(30(22,27)28)12-18(19)24-21(25)29-14(4)20(26)23-17-9-7-6-8-16(17)13(2)3/h6-14H,5H2,1-4H3,(H,23,26)(H2,22,27,28). The van der Waals surface area contributed by atoms with E-state index in [4.69, 9.17) is 5.14 Å². The van der Waals surface area contributed by atoms with Crippen molar-refractivity contribution in [1.82, 2.24) is 9.55 Å². The molecule has 1 atom stereocenters. The number of nitrogens with one attached hydrogen (secondary N) is 1. The van der Waals surface area contributed by atoms with Gasteiger partial charge in [0.05, 0.1) is 21.2 Å². The third kappa shape index (κ3) is 4.69. The molecule has 0 spiro atoms. The Kier molecular flexibility index (Phi) is 6.54. The van der Waals surface area contributed by atoms with Crippen LogP contribution in [0.4, 0.5) is 5.69 Å². The molecule has 0 saturated carbocycles. The lowest BCUT2D eigenvalue weighted by Crippen LogP contribution is -2.23. The number of primary sulfonamides is 1. The van der Waals surface area contributed by atoms with Crippen LogP contribution in [0.15, 0.2) is 52.5 Å². The first-order valence-corrected chi connectivity index (χ1v) is 12.1. The van der Waals surface area contributed by atoms with Gasteiger partial charge < -0.3 is 9.88 Å². The van der Waals surface area contributed by atoms with Crippen LogP contribution in [-0.4, -0.2) is 29.1 Å². The zero-order valence-electron chi connectivity index (χ0n) is 17.4. The number of rotatable bonds is 7. The van der Waals surface area contributed by atoms with Gasteiger partial charge in [0.2, 0.25) is 15.9 Å². The highest BCUT2D eigenvalue weighted by Gasteiger charge is 2.21. The van der Waals surface area contributed by atoms with Gasteiger partial charge in [-0.25, -0.2) is 18.5 Å². The molecule has 30 heavy (non-hydrogen) atoms. The predicted molar refractivity (Wildman–Crippen MR) is 121 cm³/mol. The molecule has 1 heterocycles. The minimum atomic E-state index is -3.81. The van der Waals surface area contributed by atoms with Crippen molar-refractivity contribution in [2.75, 3.05) is 5.32 Å². The first kappa shape index (κ1) is 22.3. The number of para-hydroxylation sites is 1. The highest BCUT2D eigenvalue weighted by molar-refractivity contribution is 8.00.